The molecule has 0 aromatic heterocycles. The van der Waals surface area contributed by atoms with E-state index >= 15 is 0 Å². The lowest BCUT2D eigenvalue weighted by molar-refractivity contribution is -0.162. The van der Waals surface area contributed by atoms with Crippen LogP contribution in [0.25, 0.3) is 6.08 Å². The van der Waals surface area contributed by atoms with E-state index in [1.165, 1.54) is 6.08 Å². The van der Waals surface area contributed by atoms with Crippen LogP contribution in [0, 0.1) is 12.8 Å². The molecular weight excluding hydrogens is 462 g/mol. The van der Waals surface area contributed by atoms with Gasteiger partial charge in [0.05, 0.1) is 5.56 Å². The van der Waals surface area contributed by atoms with E-state index in [-0.39, 0.29) is 11.8 Å². The molecule has 2 N–H and O–H groups in total. The fraction of sp³-hybridized carbons (Fsp3) is 0.333. The molecule has 2 amide bonds. The number of hydrogen-bond acceptors (Lipinski definition) is 2. The van der Waals surface area contributed by atoms with E-state index in [9.17, 15) is 35.9 Å². The summed E-state index contributed by atoms with van der Waals surface area (Å²) in [7, 11) is 0. The molecule has 0 saturated carbocycles. The predicted molar refractivity (Wildman–Crippen MR) is 115 cm³/mol. The Kier molecular flexibility index (Phi) is 8.52. The lowest BCUT2D eigenvalue weighted by atomic mass is 10.0. The Bertz CT molecular complexity index is 1060. The van der Waals surface area contributed by atoms with E-state index in [1.807, 2.05) is 0 Å². The average molecular weight is 486 g/mol. The number of alkyl halides is 6. The number of amides is 2. The van der Waals surface area contributed by atoms with Gasteiger partial charge in [-0.25, -0.2) is 0 Å². The Morgan fingerprint density at radius 1 is 1.00 bits per heavy atom. The summed E-state index contributed by atoms with van der Waals surface area (Å²) < 4.78 is 79.1. The van der Waals surface area contributed by atoms with E-state index in [4.69, 9.17) is 0 Å². The molecule has 1 unspecified atom stereocenters. The van der Waals surface area contributed by atoms with Crippen LogP contribution in [0.4, 0.5) is 26.3 Å². The maximum Gasteiger partial charge on any atom is 0.416 e. The molecule has 2 rings (SSSR count). The summed E-state index contributed by atoms with van der Waals surface area (Å²) in [4.78, 5) is 23.9. The fourth-order valence-electron chi connectivity index (χ4n) is 3.02. The predicted octanol–water partition coefficient (Wildman–Crippen LogP) is 5.72. The Hall–Kier alpha value is -3.30. The van der Waals surface area contributed by atoms with Crippen LogP contribution in [0.1, 0.15) is 47.7 Å². The standard InChI is InChI=1S/C24H24F6N2O2/c1-14(2)22(34)31-13-18-9-7-16(11-15(18)3)8-10-20(33)32-21(24(28,29)30)17-5-4-6-19(12-17)23(25,26)27/h4-12,14,21H,13H2,1-3H3,(H,31,34)(H,32,33)/b10-8+. The molecule has 0 aliphatic rings. The Morgan fingerprint density at radius 2 is 1.68 bits per heavy atom. The quantitative estimate of drug-likeness (QED) is 0.389. The third kappa shape index (κ3) is 7.64. The average Bonchev–Trinajstić information content (AvgIpc) is 2.73. The summed E-state index contributed by atoms with van der Waals surface area (Å²) >= 11 is 0. The van der Waals surface area contributed by atoms with Crippen molar-refractivity contribution < 1.29 is 35.9 Å². The number of halogens is 6. The maximum atomic E-state index is 13.5. The zero-order valence-corrected chi connectivity index (χ0v) is 18.6. The summed E-state index contributed by atoms with van der Waals surface area (Å²) in [5.74, 6) is -1.40. The second-order valence-electron chi connectivity index (χ2n) is 8.00. The molecule has 0 bridgehead atoms. The number of carbonyl (C=O) groups excluding carboxylic acids is 2. The van der Waals surface area contributed by atoms with Gasteiger partial charge in [0.1, 0.15) is 0 Å². The monoisotopic (exact) mass is 486 g/mol. The highest BCUT2D eigenvalue weighted by Crippen LogP contribution is 2.36. The lowest BCUT2D eigenvalue weighted by Gasteiger charge is -2.22. The van der Waals surface area contributed by atoms with Crippen molar-refractivity contribution in [2.45, 2.75) is 45.7 Å². The van der Waals surface area contributed by atoms with Crippen molar-refractivity contribution in [3.63, 3.8) is 0 Å². The van der Waals surface area contributed by atoms with Crippen molar-refractivity contribution in [3.8, 4) is 0 Å². The SMILES string of the molecule is Cc1cc(/C=C/C(=O)NC(c2cccc(C(F)(F)F)c2)C(F)(F)F)ccc1CNC(=O)C(C)C. The first-order chi connectivity index (χ1) is 15.7. The van der Waals surface area contributed by atoms with Crippen molar-refractivity contribution in [2.24, 2.45) is 5.92 Å². The van der Waals surface area contributed by atoms with Crippen LogP contribution in [-0.4, -0.2) is 18.0 Å². The zero-order valence-electron chi connectivity index (χ0n) is 18.6. The maximum absolute atomic E-state index is 13.5. The smallest absolute Gasteiger partial charge is 0.352 e. The van der Waals surface area contributed by atoms with Crippen molar-refractivity contribution in [3.05, 3.63) is 76.4 Å². The minimum absolute atomic E-state index is 0.111. The van der Waals surface area contributed by atoms with E-state index in [2.05, 4.69) is 5.32 Å². The van der Waals surface area contributed by atoms with Gasteiger partial charge in [-0.3, -0.25) is 9.59 Å². The van der Waals surface area contributed by atoms with Gasteiger partial charge in [-0.2, -0.15) is 26.3 Å². The first-order valence-electron chi connectivity index (χ1n) is 10.3. The molecule has 0 fully saturated rings. The van der Waals surface area contributed by atoms with Crippen LogP contribution < -0.4 is 10.6 Å². The third-order valence-corrected chi connectivity index (χ3v) is 4.93. The van der Waals surface area contributed by atoms with E-state index < -0.39 is 35.4 Å². The topological polar surface area (TPSA) is 58.2 Å². The second-order valence-corrected chi connectivity index (χ2v) is 8.00. The highest BCUT2D eigenvalue weighted by atomic mass is 19.4. The van der Waals surface area contributed by atoms with Crippen LogP contribution in [0.15, 0.2) is 48.5 Å². The number of rotatable bonds is 7. The van der Waals surface area contributed by atoms with Gasteiger partial charge >= 0.3 is 12.4 Å². The van der Waals surface area contributed by atoms with Crippen LogP contribution in [0.2, 0.25) is 0 Å². The van der Waals surface area contributed by atoms with Gasteiger partial charge in [0.2, 0.25) is 11.8 Å². The zero-order chi connectivity index (χ0) is 25.7. The minimum Gasteiger partial charge on any atom is -0.352 e. The molecule has 34 heavy (non-hydrogen) atoms. The molecule has 0 aliphatic heterocycles. The largest absolute Gasteiger partial charge is 0.416 e. The van der Waals surface area contributed by atoms with E-state index in [0.717, 1.165) is 29.3 Å². The van der Waals surface area contributed by atoms with Gasteiger partial charge in [0.15, 0.2) is 6.04 Å². The van der Waals surface area contributed by atoms with Gasteiger partial charge in [-0.15, -0.1) is 0 Å². The molecule has 4 nitrogen and oxygen atoms in total. The van der Waals surface area contributed by atoms with E-state index in [1.54, 1.807) is 44.3 Å². The van der Waals surface area contributed by atoms with Crippen molar-refractivity contribution in [2.75, 3.05) is 0 Å². The van der Waals surface area contributed by atoms with Crippen LogP contribution in [0.3, 0.4) is 0 Å². The minimum atomic E-state index is -5.01. The summed E-state index contributed by atoms with van der Waals surface area (Å²) in [6, 6.07) is 5.16. The molecule has 0 spiro atoms. The molecule has 2 aromatic rings. The van der Waals surface area contributed by atoms with Gasteiger partial charge in [0, 0.05) is 18.5 Å². The second kappa shape index (κ2) is 10.8. The molecule has 0 radical (unpaired) electrons. The summed E-state index contributed by atoms with van der Waals surface area (Å²) in [5, 5.41) is 4.50. The highest BCUT2D eigenvalue weighted by molar-refractivity contribution is 5.92. The van der Waals surface area contributed by atoms with E-state index in [0.29, 0.717) is 24.2 Å². The van der Waals surface area contributed by atoms with Gasteiger partial charge in [-0.05, 0) is 47.4 Å². The third-order valence-electron chi connectivity index (χ3n) is 4.93. The summed E-state index contributed by atoms with van der Waals surface area (Å²) in [6.45, 7) is 5.61. The number of aryl methyl sites for hydroxylation is 1. The fourth-order valence-corrected chi connectivity index (χ4v) is 3.02. The number of benzene rings is 2. The highest BCUT2D eigenvalue weighted by Gasteiger charge is 2.42. The molecule has 0 heterocycles. The van der Waals surface area contributed by atoms with Crippen molar-refractivity contribution in [1.29, 1.82) is 0 Å². The van der Waals surface area contributed by atoms with Crippen LogP contribution >= 0.6 is 0 Å². The van der Waals surface area contributed by atoms with Crippen molar-refractivity contribution >= 4 is 17.9 Å². The molecule has 0 aliphatic carbocycles. The number of nitrogens with one attached hydrogen (secondary N) is 2. The molecule has 0 saturated heterocycles. The normalized spacial score (nSPS) is 13.2. The van der Waals surface area contributed by atoms with Gasteiger partial charge < -0.3 is 10.6 Å². The molecule has 1 atom stereocenters. The van der Waals surface area contributed by atoms with Gasteiger partial charge in [0.25, 0.3) is 0 Å². The Labute approximate surface area is 193 Å². The lowest BCUT2D eigenvalue weighted by Crippen LogP contribution is -2.37. The van der Waals surface area contributed by atoms with Crippen LogP contribution in [-0.2, 0) is 22.3 Å². The Morgan fingerprint density at radius 3 is 2.24 bits per heavy atom. The van der Waals surface area contributed by atoms with Crippen LogP contribution in [0.5, 0.6) is 0 Å². The first kappa shape index (κ1) is 26.9. The van der Waals surface area contributed by atoms with Crippen molar-refractivity contribution in [1.82, 2.24) is 10.6 Å². The van der Waals surface area contributed by atoms with Gasteiger partial charge in [-0.1, -0.05) is 44.2 Å². The summed E-state index contributed by atoms with van der Waals surface area (Å²) in [5.41, 5.74) is 0.173. The Balaban J connectivity index is 2.14. The first-order valence-corrected chi connectivity index (χ1v) is 10.3. The molecule has 10 heteroatoms. The summed E-state index contributed by atoms with van der Waals surface area (Å²) in [6.07, 6.45) is -7.66. The number of carbonyl (C=O) groups is 2. The molecule has 184 valence electrons. The molecule has 2 aromatic carbocycles. The number of hydrogen-bond donors (Lipinski definition) is 2. The molecular formula is C24H24F6N2O2.